The van der Waals surface area contributed by atoms with Crippen LogP contribution in [0, 0.1) is 22.7 Å². The molecule has 1 fully saturated rings. The van der Waals surface area contributed by atoms with Gasteiger partial charge in [0.25, 0.3) is 5.56 Å². The molecule has 0 N–H and O–H groups in total. The SMILES string of the molecule is CC(C)(C)O/N=C/c1ccccn1.CN(c1c(C#N)c(=O)n(C)c2ccc(C#N)nc12)C1CCCCC1. The van der Waals surface area contributed by atoms with Crippen LogP contribution in [0.1, 0.15) is 69.8 Å². The summed E-state index contributed by atoms with van der Waals surface area (Å²) in [6, 6.07) is 13.3. The molecule has 0 atom stereocenters. The molecule has 1 aliphatic rings. The Morgan fingerprint density at radius 2 is 1.86 bits per heavy atom. The number of hydrogen-bond donors (Lipinski definition) is 0. The van der Waals surface area contributed by atoms with Crippen LogP contribution in [0.2, 0.25) is 0 Å². The molecular formula is C28H33N7O2. The summed E-state index contributed by atoms with van der Waals surface area (Å²) in [6.45, 7) is 5.84. The standard InChI is InChI=1S/C18H19N5O.C10H14N2O/c1-22(13-6-4-3-5-7-13)17-14(11-20)18(24)23(2)15-9-8-12(10-19)21-16(15)17;1-10(2,3)13-12-8-9-6-4-5-7-11-9/h8-9,13H,3-7H2,1-2H3;4-8H,1-3H3/b;12-8+. The molecule has 37 heavy (non-hydrogen) atoms. The van der Waals surface area contributed by atoms with E-state index in [0.29, 0.717) is 16.7 Å². The van der Waals surface area contributed by atoms with Crippen LogP contribution in [0.5, 0.6) is 0 Å². The van der Waals surface area contributed by atoms with Crippen molar-refractivity contribution in [3.63, 3.8) is 0 Å². The van der Waals surface area contributed by atoms with Crippen molar-refractivity contribution in [3.05, 3.63) is 63.8 Å². The molecule has 0 saturated heterocycles. The molecule has 192 valence electrons. The Kier molecular flexibility index (Phi) is 8.97. The van der Waals surface area contributed by atoms with Crippen molar-refractivity contribution in [1.82, 2.24) is 14.5 Å². The summed E-state index contributed by atoms with van der Waals surface area (Å²) in [4.78, 5) is 28.3. The van der Waals surface area contributed by atoms with Crippen LogP contribution in [-0.4, -0.2) is 39.4 Å². The van der Waals surface area contributed by atoms with Crippen molar-refractivity contribution in [2.24, 2.45) is 12.2 Å². The average Bonchev–Trinajstić information content (AvgIpc) is 2.90. The van der Waals surface area contributed by atoms with E-state index >= 15 is 0 Å². The minimum Gasteiger partial charge on any atom is -0.390 e. The summed E-state index contributed by atoms with van der Waals surface area (Å²) in [5.74, 6) is 0. The highest BCUT2D eigenvalue weighted by atomic mass is 16.6. The molecular weight excluding hydrogens is 466 g/mol. The van der Waals surface area contributed by atoms with Gasteiger partial charge >= 0.3 is 0 Å². The van der Waals surface area contributed by atoms with Gasteiger partial charge in [0.2, 0.25) is 0 Å². The van der Waals surface area contributed by atoms with Crippen molar-refractivity contribution < 1.29 is 4.84 Å². The number of aryl methyl sites for hydroxylation is 1. The van der Waals surface area contributed by atoms with Gasteiger partial charge < -0.3 is 14.3 Å². The predicted molar refractivity (Wildman–Crippen MR) is 144 cm³/mol. The minimum atomic E-state index is -0.325. The molecule has 0 spiro atoms. The largest absolute Gasteiger partial charge is 0.390 e. The number of pyridine rings is 3. The number of anilines is 1. The van der Waals surface area contributed by atoms with E-state index in [0.717, 1.165) is 31.4 Å². The van der Waals surface area contributed by atoms with Gasteiger partial charge in [-0.25, -0.2) is 4.98 Å². The Morgan fingerprint density at radius 3 is 2.46 bits per heavy atom. The van der Waals surface area contributed by atoms with Crippen LogP contribution in [0.15, 0.2) is 46.5 Å². The Hall–Kier alpha value is -4.24. The van der Waals surface area contributed by atoms with E-state index in [2.05, 4.69) is 21.2 Å². The minimum absolute atomic E-state index is 0.0978. The first-order valence-corrected chi connectivity index (χ1v) is 12.4. The summed E-state index contributed by atoms with van der Waals surface area (Å²) in [5.41, 5.74) is 2.34. The van der Waals surface area contributed by atoms with E-state index in [1.54, 1.807) is 31.6 Å². The fourth-order valence-corrected chi connectivity index (χ4v) is 4.24. The van der Waals surface area contributed by atoms with Crippen LogP contribution in [0.25, 0.3) is 11.0 Å². The first kappa shape index (κ1) is 27.3. The summed E-state index contributed by atoms with van der Waals surface area (Å²) in [6.07, 6.45) is 8.92. The van der Waals surface area contributed by atoms with Crippen LogP contribution < -0.4 is 10.5 Å². The molecule has 0 bridgehead atoms. The van der Waals surface area contributed by atoms with Crippen LogP contribution in [-0.2, 0) is 11.9 Å². The molecule has 3 aromatic rings. The van der Waals surface area contributed by atoms with E-state index in [-0.39, 0.29) is 28.5 Å². The lowest BCUT2D eigenvalue weighted by molar-refractivity contribution is 0.00196. The molecule has 3 heterocycles. The topological polar surface area (TPSA) is 120 Å². The molecule has 0 radical (unpaired) electrons. The molecule has 0 aliphatic heterocycles. The highest BCUT2D eigenvalue weighted by Crippen LogP contribution is 2.32. The zero-order chi connectivity index (χ0) is 27.0. The smallest absolute Gasteiger partial charge is 0.270 e. The van der Waals surface area contributed by atoms with Gasteiger partial charge in [-0.3, -0.25) is 9.78 Å². The zero-order valence-electron chi connectivity index (χ0n) is 22.1. The molecule has 9 nitrogen and oxygen atoms in total. The van der Waals surface area contributed by atoms with Gasteiger partial charge in [0.1, 0.15) is 34.5 Å². The number of nitrogens with zero attached hydrogens (tertiary/aromatic N) is 7. The number of oxime groups is 1. The van der Waals surface area contributed by atoms with Gasteiger partial charge in [-0.15, -0.1) is 0 Å². The zero-order valence-corrected chi connectivity index (χ0v) is 22.1. The summed E-state index contributed by atoms with van der Waals surface area (Å²) in [5, 5.41) is 22.6. The maximum atomic E-state index is 12.6. The van der Waals surface area contributed by atoms with E-state index in [9.17, 15) is 10.1 Å². The molecule has 0 amide bonds. The summed E-state index contributed by atoms with van der Waals surface area (Å²) < 4.78 is 1.43. The third-order valence-corrected chi connectivity index (χ3v) is 6.12. The molecule has 4 rings (SSSR count). The number of rotatable bonds is 4. The highest BCUT2D eigenvalue weighted by Gasteiger charge is 2.25. The van der Waals surface area contributed by atoms with Crippen molar-refractivity contribution in [2.45, 2.75) is 64.5 Å². The van der Waals surface area contributed by atoms with Gasteiger partial charge in [-0.05, 0) is 57.9 Å². The van der Waals surface area contributed by atoms with Gasteiger partial charge in [0.05, 0.1) is 23.1 Å². The summed E-state index contributed by atoms with van der Waals surface area (Å²) >= 11 is 0. The Balaban J connectivity index is 0.000000248. The lowest BCUT2D eigenvalue weighted by Gasteiger charge is -2.33. The predicted octanol–water partition coefficient (Wildman–Crippen LogP) is 4.68. The lowest BCUT2D eigenvalue weighted by Crippen LogP contribution is -2.36. The second-order valence-electron chi connectivity index (χ2n) is 9.97. The van der Waals surface area contributed by atoms with Gasteiger partial charge in [0.15, 0.2) is 0 Å². The lowest BCUT2D eigenvalue weighted by atomic mass is 9.93. The van der Waals surface area contributed by atoms with E-state index < -0.39 is 0 Å². The van der Waals surface area contributed by atoms with Crippen LogP contribution in [0.3, 0.4) is 0 Å². The van der Waals surface area contributed by atoms with E-state index in [4.69, 9.17) is 10.1 Å². The molecule has 0 aromatic carbocycles. The fourth-order valence-electron chi connectivity index (χ4n) is 4.24. The molecule has 1 aliphatic carbocycles. The summed E-state index contributed by atoms with van der Waals surface area (Å²) in [7, 11) is 3.55. The maximum Gasteiger partial charge on any atom is 0.270 e. The van der Waals surface area contributed by atoms with Gasteiger partial charge in [-0.2, -0.15) is 10.5 Å². The number of aromatic nitrogens is 3. The monoisotopic (exact) mass is 499 g/mol. The van der Waals surface area contributed by atoms with Crippen molar-refractivity contribution >= 4 is 22.9 Å². The van der Waals surface area contributed by atoms with Crippen molar-refractivity contribution in [1.29, 1.82) is 10.5 Å². The Morgan fingerprint density at radius 1 is 1.14 bits per heavy atom. The number of fused-ring (bicyclic) bond motifs is 1. The fraction of sp³-hybridized carbons (Fsp3) is 0.429. The van der Waals surface area contributed by atoms with E-state index in [1.165, 1.54) is 11.0 Å². The number of nitriles is 2. The van der Waals surface area contributed by atoms with Crippen LogP contribution in [0.4, 0.5) is 5.69 Å². The van der Waals surface area contributed by atoms with Gasteiger partial charge in [0, 0.05) is 26.3 Å². The van der Waals surface area contributed by atoms with Crippen LogP contribution >= 0.6 is 0 Å². The molecule has 3 aromatic heterocycles. The second-order valence-corrected chi connectivity index (χ2v) is 9.97. The average molecular weight is 500 g/mol. The third-order valence-electron chi connectivity index (χ3n) is 6.12. The first-order valence-electron chi connectivity index (χ1n) is 12.4. The molecule has 1 saturated carbocycles. The molecule has 9 heteroatoms. The quantitative estimate of drug-likeness (QED) is 0.378. The maximum absolute atomic E-state index is 12.6. The Bertz CT molecular complexity index is 1390. The second kappa shape index (κ2) is 12.1. The first-order chi connectivity index (χ1) is 17.7. The third kappa shape index (κ3) is 6.92. The van der Waals surface area contributed by atoms with E-state index in [1.807, 2.05) is 57.0 Å². The van der Waals surface area contributed by atoms with Gasteiger partial charge in [-0.1, -0.05) is 30.5 Å². The van der Waals surface area contributed by atoms with Crippen molar-refractivity contribution in [2.75, 3.05) is 11.9 Å². The van der Waals surface area contributed by atoms with Crippen molar-refractivity contribution in [3.8, 4) is 12.1 Å². The molecule has 0 unspecified atom stereocenters. The Labute approximate surface area is 217 Å². The number of hydrogen-bond acceptors (Lipinski definition) is 8. The highest BCUT2D eigenvalue weighted by molar-refractivity contribution is 5.92. The normalized spacial score (nSPS) is 13.9.